The lowest BCUT2D eigenvalue weighted by molar-refractivity contribution is -0.383. The van der Waals surface area contributed by atoms with Gasteiger partial charge < -0.3 is 15.2 Å². The quantitative estimate of drug-likeness (QED) is 0.154. The zero-order chi connectivity index (χ0) is 30.4. The standard InChI is InChI=1S/C35H40N6O3/c1-24-37-30-11-5-6-12-31(30)40(24)28-22-26-14-15-27(23-28)39(26)21-18-35(25-8-3-2-4-9-25)16-19-38(20-17-35)34(42)29-10-7-13-32(33(29)36)41(43)44/h2-13,26-28H,14-23,36H2,1H3/t26-,27+,28+. The number of nitrogens with two attached hydrogens (primary N) is 1. The number of benzene rings is 3. The Morgan fingerprint density at radius 1 is 0.955 bits per heavy atom. The summed E-state index contributed by atoms with van der Waals surface area (Å²) in [5.41, 5.74) is 9.66. The van der Waals surface area contributed by atoms with Crippen LogP contribution < -0.4 is 5.73 Å². The number of fused-ring (bicyclic) bond motifs is 3. The van der Waals surface area contributed by atoms with E-state index >= 15 is 0 Å². The highest BCUT2D eigenvalue weighted by atomic mass is 16.6. The summed E-state index contributed by atoms with van der Waals surface area (Å²) in [4.78, 5) is 33.8. The Kier molecular flexibility index (Phi) is 7.36. The Labute approximate surface area is 257 Å². The van der Waals surface area contributed by atoms with E-state index in [-0.39, 0.29) is 28.3 Å². The molecule has 0 radical (unpaired) electrons. The van der Waals surface area contributed by atoms with Crippen molar-refractivity contribution in [3.8, 4) is 0 Å². The third kappa shape index (κ3) is 4.93. The van der Waals surface area contributed by atoms with Crippen molar-refractivity contribution in [1.82, 2.24) is 19.4 Å². The van der Waals surface area contributed by atoms with Gasteiger partial charge in [0.25, 0.3) is 11.6 Å². The molecule has 3 fully saturated rings. The number of carbonyl (C=O) groups excluding carboxylic acids is 1. The van der Waals surface area contributed by atoms with Crippen molar-refractivity contribution >= 4 is 28.3 Å². The monoisotopic (exact) mass is 592 g/mol. The van der Waals surface area contributed by atoms with Gasteiger partial charge in [-0.3, -0.25) is 19.8 Å². The number of aryl methyl sites for hydroxylation is 1. The second kappa shape index (κ2) is 11.4. The van der Waals surface area contributed by atoms with Crippen molar-refractivity contribution < 1.29 is 9.72 Å². The molecule has 0 saturated carbocycles. The molecule has 228 valence electrons. The van der Waals surface area contributed by atoms with E-state index in [2.05, 4.69) is 71.0 Å². The Hall–Kier alpha value is -4.24. The summed E-state index contributed by atoms with van der Waals surface area (Å²) in [6, 6.07) is 25.4. The van der Waals surface area contributed by atoms with Gasteiger partial charge in [-0.15, -0.1) is 0 Å². The summed E-state index contributed by atoms with van der Waals surface area (Å²) in [6.07, 6.45) is 7.55. The van der Waals surface area contributed by atoms with Crippen LogP contribution in [0.5, 0.6) is 0 Å². The summed E-state index contributed by atoms with van der Waals surface area (Å²) < 4.78 is 2.49. The molecular weight excluding hydrogens is 552 g/mol. The molecular formula is C35H40N6O3. The molecule has 1 amide bonds. The maximum Gasteiger partial charge on any atom is 0.292 e. The smallest absolute Gasteiger partial charge is 0.292 e. The number of nitro groups is 1. The average molecular weight is 593 g/mol. The number of likely N-dealkylation sites (tertiary alicyclic amines) is 1. The number of imidazole rings is 1. The van der Waals surface area contributed by atoms with Gasteiger partial charge in [0.15, 0.2) is 0 Å². The van der Waals surface area contributed by atoms with E-state index in [9.17, 15) is 14.9 Å². The van der Waals surface area contributed by atoms with Gasteiger partial charge in [0, 0.05) is 37.3 Å². The number of nitrogens with zero attached hydrogens (tertiary/aromatic N) is 5. The normalized spacial score (nSPS) is 23.2. The van der Waals surface area contributed by atoms with Crippen molar-refractivity contribution in [1.29, 1.82) is 0 Å². The zero-order valence-electron chi connectivity index (χ0n) is 25.3. The molecule has 44 heavy (non-hydrogen) atoms. The Balaban J connectivity index is 1.07. The molecule has 3 aromatic carbocycles. The van der Waals surface area contributed by atoms with E-state index in [1.807, 2.05) is 4.90 Å². The average Bonchev–Trinajstić information content (AvgIpc) is 3.50. The fourth-order valence-corrected chi connectivity index (χ4v) is 8.47. The highest BCUT2D eigenvalue weighted by Gasteiger charge is 2.44. The third-order valence-electron chi connectivity index (χ3n) is 10.7. The molecule has 3 atom stereocenters. The minimum atomic E-state index is -0.530. The van der Waals surface area contributed by atoms with Crippen LogP contribution in [0.15, 0.2) is 72.8 Å². The van der Waals surface area contributed by atoms with Crippen LogP contribution in [-0.4, -0.2) is 61.9 Å². The lowest BCUT2D eigenvalue weighted by Gasteiger charge is -2.45. The molecule has 9 nitrogen and oxygen atoms in total. The van der Waals surface area contributed by atoms with Crippen molar-refractivity contribution in [2.45, 2.75) is 75.4 Å². The Morgan fingerprint density at radius 3 is 2.34 bits per heavy atom. The van der Waals surface area contributed by atoms with Gasteiger partial charge >= 0.3 is 0 Å². The van der Waals surface area contributed by atoms with Crippen LogP contribution in [0.25, 0.3) is 11.0 Å². The molecule has 2 bridgehead atoms. The predicted molar refractivity (Wildman–Crippen MR) is 172 cm³/mol. The van der Waals surface area contributed by atoms with E-state index in [0.29, 0.717) is 31.2 Å². The number of hydrogen-bond donors (Lipinski definition) is 1. The van der Waals surface area contributed by atoms with Crippen molar-refractivity contribution in [3.63, 3.8) is 0 Å². The first-order chi connectivity index (χ1) is 21.3. The second-order valence-corrected chi connectivity index (χ2v) is 12.9. The van der Waals surface area contributed by atoms with E-state index in [4.69, 9.17) is 10.7 Å². The number of rotatable bonds is 7. The third-order valence-corrected chi connectivity index (χ3v) is 10.7. The Morgan fingerprint density at radius 2 is 1.64 bits per heavy atom. The zero-order valence-corrected chi connectivity index (χ0v) is 25.3. The van der Waals surface area contributed by atoms with Gasteiger partial charge in [0.05, 0.1) is 21.5 Å². The van der Waals surface area contributed by atoms with Crippen LogP contribution >= 0.6 is 0 Å². The molecule has 2 N–H and O–H groups in total. The fraction of sp³-hybridized carbons (Fsp3) is 0.429. The Bertz CT molecular complexity index is 1680. The number of hydrogen-bond acceptors (Lipinski definition) is 6. The number of para-hydroxylation sites is 3. The van der Waals surface area contributed by atoms with Gasteiger partial charge in [-0.25, -0.2) is 4.98 Å². The lowest BCUT2D eigenvalue weighted by Crippen LogP contribution is -2.49. The predicted octanol–water partition coefficient (Wildman–Crippen LogP) is 6.27. The van der Waals surface area contributed by atoms with Crippen molar-refractivity contribution in [2.24, 2.45) is 0 Å². The number of carbonyl (C=O) groups is 1. The topological polar surface area (TPSA) is 111 Å². The SMILES string of the molecule is Cc1nc2ccccc2n1[C@H]1C[C@H]2CC[C@@H](C1)N2CCC1(c2ccccc2)CCN(C(=O)c2cccc([N+](=O)[O-])c2N)CC1. The van der Waals surface area contributed by atoms with Crippen LogP contribution in [0.1, 0.15) is 72.7 Å². The molecule has 3 aliphatic rings. The largest absolute Gasteiger partial charge is 0.393 e. The number of nitro benzene ring substituents is 1. The number of piperidine rings is 2. The van der Waals surface area contributed by atoms with Crippen LogP contribution in [0.3, 0.4) is 0 Å². The molecule has 3 aliphatic heterocycles. The van der Waals surface area contributed by atoms with E-state index in [1.165, 1.54) is 36.1 Å². The van der Waals surface area contributed by atoms with E-state index < -0.39 is 4.92 Å². The minimum absolute atomic E-state index is 0.0281. The molecule has 0 spiro atoms. The highest BCUT2D eigenvalue weighted by molar-refractivity contribution is 6.01. The number of nitrogen functional groups attached to an aromatic ring is 1. The van der Waals surface area contributed by atoms with Crippen LogP contribution in [-0.2, 0) is 5.41 Å². The van der Waals surface area contributed by atoms with Gasteiger partial charge in [0.2, 0.25) is 0 Å². The van der Waals surface area contributed by atoms with Crippen LogP contribution in [0, 0.1) is 17.0 Å². The van der Waals surface area contributed by atoms with Crippen LogP contribution in [0.2, 0.25) is 0 Å². The first kappa shape index (κ1) is 28.5. The minimum Gasteiger partial charge on any atom is -0.393 e. The summed E-state index contributed by atoms with van der Waals surface area (Å²) in [6.45, 7) is 4.38. The molecule has 3 saturated heterocycles. The molecule has 4 aromatic rings. The lowest BCUT2D eigenvalue weighted by atomic mass is 9.70. The van der Waals surface area contributed by atoms with Gasteiger partial charge in [-0.1, -0.05) is 48.5 Å². The molecule has 4 heterocycles. The summed E-state index contributed by atoms with van der Waals surface area (Å²) in [7, 11) is 0. The van der Waals surface area contributed by atoms with E-state index in [1.54, 1.807) is 6.07 Å². The van der Waals surface area contributed by atoms with Gasteiger partial charge in [0.1, 0.15) is 11.5 Å². The molecule has 0 unspecified atom stereocenters. The maximum absolute atomic E-state index is 13.5. The van der Waals surface area contributed by atoms with Gasteiger partial charge in [-0.2, -0.15) is 0 Å². The van der Waals surface area contributed by atoms with Crippen molar-refractivity contribution in [2.75, 3.05) is 25.4 Å². The first-order valence-corrected chi connectivity index (χ1v) is 15.9. The van der Waals surface area contributed by atoms with E-state index in [0.717, 1.165) is 50.0 Å². The number of aromatic nitrogens is 2. The molecule has 1 aromatic heterocycles. The molecule has 0 aliphatic carbocycles. The molecule has 9 heteroatoms. The second-order valence-electron chi connectivity index (χ2n) is 12.9. The highest BCUT2D eigenvalue weighted by Crippen LogP contribution is 2.45. The summed E-state index contributed by atoms with van der Waals surface area (Å²) in [5.74, 6) is 0.885. The number of anilines is 1. The maximum atomic E-state index is 13.5. The fourth-order valence-electron chi connectivity index (χ4n) is 8.47. The first-order valence-electron chi connectivity index (χ1n) is 15.9. The van der Waals surface area contributed by atoms with Crippen molar-refractivity contribution in [3.05, 3.63) is 99.9 Å². The molecule has 7 rings (SSSR count). The number of amides is 1. The summed E-state index contributed by atoms with van der Waals surface area (Å²) in [5, 5.41) is 11.4. The van der Waals surface area contributed by atoms with Crippen LogP contribution in [0.4, 0.5) is 11.4 Å². The summed E-state index contributed by atoms with van der Waals surface area (Å²) >= 11 is 0. The van der Waals surface area contributed by atoms with Gasteiger partial charge in [-0.05, 0) is 87.6 Å².